The van der Waals surface area contributed by atoms with E-state index in [-0.39, 0.29) is 11.4 Å². The first-order valence-electron chi connectivity index (χ1n) is 6.83. The van der Waals surface area contributed by atoms with Gasteiger partial charge in [0.05, 0.1) is 6.54 Å². The van der Waals surface area contributed by atoms with Gasteiger partial charge in [0.15, 0.2) is 0 Å². The number of halogens is 1. The first-order chi connectivity index (χ1) is 9.50. The number of anilines is 1. The number of nitrogens with zero attached hydrogens (tertiary/aromatic N) is 2. The van der Waals surface area contributed by atoms with E-state index in [1.54, 1.807) is 12.3 Å². The molecule has 0 unspecified atom stereocenters. The van der Waals surface area contributed by atoms with Crippen LogP contribution < -0.4 is 10.6 Å². The van der Waals surface area contributed by atoms with Crippen molar-refractivity contribution in [2.75, 3.05) is 32.0 Å². The summed E-state index contributed by atoms with van der Waals surface area (Å²) in [5, 5.41) is 6.18. The van der Waals surface area contributed by atoms with Crippen molar-refractivity contribution in [2.45, 2.75) is 25.3 Å². The number of rotatable bonds is 4. The van der Waals surface area contributed by atoms with Crippen molar-refractivity contribution in [1.82, 2.24) is 15.2 Å². The molecule has 0 radical (unpaired) electrons. The number of hydrogen-bond acceptors (Lipinski definition) is 4. The van der Waals surface area contributed by atoms with Crippen molar-refractivity contribution in [2.24, 2.45) is 0 Å². The van der Waals surface area contributed by atoms with Gasteiger partial charge in [0.1, 0.15) is 5.82 Å². The Balaban J connectivity index is 1.79. The van der Waals surface area contributed by atoms with Crippen LogP contribution in [0.3, 0.4) is 0 Å². The van der Waals surface area contributed by atoms with Gasteiger partial charge in [-0.2, -0.15) is 0 Å². The molecule has 1 aliphatic rings. The number of amides is 1. The van der Waals surface area contributed by atoms with E-state index in [0.29, 0.717) is 12.4 Å². The number of pyridine rings is 1. The van der Waals surface area contributed by atoms with Crippen LogP contribution in [-0.2, 0) is 4.79 Å². The van der Waals surface area contributed by atoms with Crippen molar-refractivity contribution < 1.29 is 4.79 Å². The van der Waals surface area contributed by atoms with Gasteiger partial charge in [0, 0.05) is 29.3 Å². The summed E-state index contributed by atoms with van der Waals surface area (Å²) in [5.74, 6) is 0.586. The Bertz CT molecular complexity index is 455. The third-order valence-electron chi connectivity index (χ3n) is 3.93. The number of aromatic nitrogens is 1. The monoisotopic (exact) mass is 340 g/mol. The highest BCUT2D eigenvalue weighted by Gasteiger charge is 2.28. The van der Waals surface area contributed by atoms with Crippen LogP contribution >= 0.6 is 15.9 Å². The molecular weight excluding hydrogens is 320 g/mol. The standard InChI is InChI=1S/C14H21BrN4O/c1-14(16-2)5-7-19(8-6-14)10-13(20)18-12-4-3-11(15)9-17-12/h3-4,9,16H,5-8,10H2,1-2H3,(H,17,18,20). The predicted octanol–water partition coefficient (Wildman–Crippen LogP) is 1.86. The lowest BCUT2D eigenvalue weighted by molar-refractivity contribution is -0.117. The molecule has 0 saturated carbocycles. The molecule has 1 saturated heterocycles. The minimum Gasteiger partial charge on any atom is -0.314 e. The van der Waals surface area contributed by atoms with E-state index in [1.165, 1.54) is 0 Å². The normalized spacial score (nSPS) is 18.8. The number of hydrogen-bond donors (Lipinski definition) is 2. The van der Waals surface area contributed by atoms with E-state index < -0.39 is 0 Å². The molecule has 1 aliphatic heterocycles. The first kappa shape index (κ1) is 15.4. The Morgan fingerprint density at radius 1 is 1.45 bits per heavy atom. The maximum Gasteiger partial charge on any atom is 0.239 e. The lowest BCUT2D eigenvalue weighted by Gasteiger charge is -2.38. The van der Waals surface area contributed by atoms with Gasteiger partial charge in [-0.05, 0) is 54.9 Å². The zero-order valence-electron chi connectivity index (χ0n) is 11.9. The van der Waals surface area contributed by atoms with E-state index >= 15 is 0 Å². The van der Waals surface area contributed by atoms with Gasteiger partial charge >= 0.3 is 0 Å². The summed E-state index contributed by atoms with van der Waals surface area (Å²) < 4.78 is 0.901. The topological polar surface area (TPSA) is 57.3 Å². The van der Waals surface area contributed by atoms with Crippen LogP contribution in [0.15, 0.2) is 22.8 Å². The van der Waals surface area contributed by atoms with Crippen LogP contribution in [0.5, 0.6) is 0 Å². The molecule has 0 spiro atoms. The summed E-state index contributed by atoms with van der Waals surface area (Å²) in [5.41, 5.74) is 0.209. The molecule has 20 heavy (non-hydrogen) atoms. The Morgan fingerprint density at radius 2 is 2.15 bits per heavy atom. The third-order valence-corrected chi connectivity index (χ3v) is 4.39. The quantitative estimate of drug-likeness (QED) is 0.878. The van der Waals surface area contributed by atoms with Crippen LogP contribution in [0.25, 0.3) is 0 Å². The Morgan fingerprint density at radius 3 is 2.70 bits per heavy atom. The van der Waals surface area contributed by atoms with Gasteiger partial charge in [0.25, 0.3) is 0 Å². The highest BCUT2D eigenvalue weighted by molar-refractivity contribution is 9.10. The van der Waals surface area contributed by atoms with Gasteiger partial charge < -0.3 is 10.6 Å². The van der Waals surface area contributed by atoms with Crippen LogP contribution in [0.1, 0.15) is 19.8 Å². The molecule has 110 valence electrons. The summed E-state index contributed by atoms with van der Waals surface area (Å²) in [6.07, 6.45) is 3.80. The van der Waals surface area contributed by atoms with Crippen LogP contribution in [0.4, 0.5) is 5.82 Å². The average Bonchev–Trinajstić information content (AvgIpc) is 2.44. The van der Waals surface area contributed by atoms with Gasteiger partial charge in [0.2, 0.25) is 5.91 Å². The maximum atomic E-state index is 12.0. The number of piperidine rings is 1. The Labute approximate surface area is 128 Å². The Kier molecular flexibility index (Phi) is 5.12. The molecule has 2 N–H and O–H groups in total. The molecular formula is C14H21BrN4O. The minimum atomic E-state index is -0.00659. The van der Waals surface area contributed by atoms with Gasteiger partial charge in [-0.1, -0.05) is 0 Å². The van der Waals surface area contributed by atoms with Crippen molar-refractivity contribution in [1.29, 1.82) is 0 Å². The van der Waals surface area contributed by atoms with E-state index in [2.05, 4.69) is 43.4 Å². The molecule has 0 atom stereocenters. The Hall–Kier alpha value is -0.980. The van der Waals surface area contributed by atoms with Crippen molar-refractivity contribution in [3.63, 3.8) is 0 Å². The molecule has 2 rings (SSSR count). The summed E-state index contributed by atoms with van der Waals surface area (Å²) >= 11 is 3.32. The summed E-state index contributed by atoms with van der Waals surface area (Å²) in [7, 11) is 2.00. The van der Waals surface area contributed by atoms with Gasteiger partial charge in [-0.25, -0.2) is 4.98 Å². The largest absolute Gasteiger partial charge is 0.314 e. The van der Waals surface area contributed by atoms with Crippen molar-refractivity contribution >= 4 is 27.7 Å². The van der Waals surface area contributed by atoms with E-state index in [0.717, 1.165) is 30.4 Å². The summed E-state index contributed by atoms with van der Waals surface area (Å²) in [6, 6.07) is 3.65. The molecule has 0 aliphatic carbocycles. The second-order valence-electron chi connectivity index (χ2n) is 5.50. The second kappa shape index (κ2) is 6.65. The van der Waals surface area contributed by atoms with E-state index in [9.17, 15) is 4.79 Å². The molecule has 0 aromatic carbocycles. The van der Waals surface area contributed by atoms with Gasteiger partial charge in [-0.15, -0.1) is 0 Å². The van der Waals surface area contributed by atoms with E-state index in [4.69, 9.17) is 0 Å². The maximum absolute atomic E-state index is 12.0. The lowest BCUT2D eigenvalue weighted by Crippen LogP contribution is -2.51. The number of carbonyl (C=O) groups is 1. The predicted molar refractivity (Wildman–Crippen MR) is 83.7 cm³/mol. The zero-order valence-corrected chi connectivity index (χ0v) is 13.5. The second-order valence-corrected chi connectivity index (χ2v) is 6.41. The lowest BCUT2D eigenvalue weighted by atomic mass is 9.90. The summed E-state index contributed by atoms with van der Waals surface area (Å²) in [6.45, 7) is 4.55. The first-order valence-corrected chi connectivity index (χ1v) is 7.63. The van der Waals surface area contributed by atoms with Crippen LogP contribution in [0, 0.1) is 0 Å². The molecule has 5 nitrogen and oxygen atoms in total. The third kappa shape index (κ3) is 4.26. The highest BCUT2D eigenvalue weighted by Crippen LogP contribution is 2.20. The van der Waals surface area contributed by atoms with Crippen molar-refractivity contribution in [3.8, 4) is 0 Å². The molecule has 1 aromatic heterocycles. The fourth-order valence-electron chi connectivity index (χ4n) is 2.29. The molecule has 6 heteroatoms. The average molecular weight is 341 g/mol. The SMILES string of the molecule is CNC1(C)CCN(CC(=O)Nc2ccc(Br)cn2)CC1. The van der Waals surface area contributed by atoms with Crippen molar-refractivity contribution in [3.05, 3.63) is 22.8 Å². The molecule has 1 amide bonds. The minimum absolute atomic E-state index is 0.00659. The van der Waals surface area contributed by atoms with Gasteiger partial charge in [-0.3, -0.25) is 9.69 Å². The molecule has 1 aromatic rings. The zero-order chi connectivity index (χ0) is 14.6. The number of nitrogens with one attached hydrogen (secondary N) is 2. The van der Waals surface area contributed by atoms with Crippen LogP contribution in [-0.4, -0.2) is 48.0 Å². The summed E-state index contributed by atoms with van der Waals surface area (Å²) in [4.78, 5) is 18.3. The fourth-order valence-corrected chi connectivity index (χ4v) is 2.52. The molecule has 0 bridgehead atoms. The number of carbonyl (C=O) groups excluding carboxylic acids is 1. The molecule has 1 fully saturated rings. The smallest absolute Gasteiger partial charge is 0.239 e. The highest BCUT2D eigenvalue weighted by atomic mass is 79.9. The molecule has 2 heterocycles. The fraction of sp³-hybridized carbons (Fsp3) is 0.571. The number of likely N-dealkylation sites (tertiary alicyclic amines) is 1. The van der Waals surface area contributed by atoms with E-state index in [1.807, 2.05) is 13.1 Å². The van der Waals surface area contributed by atoms with Crippen LogP contribution in [0.2, 0.25) is 0 Å².